The summed E-state index contributed by atoms with van der Waals surface area (Å²) in [6.45, 7) is 0. The van der Waals surface area contributed by atoms with E-state index in [-0.39, 0.29) is 5.97 Å². The van der Waals surface area contributed by atoms with Crippen LogP contribution in [0.2, 0.25) is 0 Å². The molecule has 0 spiro atoms. The van der Waals surface area contributed by atoms with Gasteiger partial charge < -0.3 is 4.74 Å². The van der Waals surface area contributed by atoms with E-state index in [0.717, 1.165) is 25.2 Å². The maximum atomic E-state index is 10.5. The smallest absolute Gasteiger partial charge is 0.312 e. The molecule has 2 heteroatoms. The average Bonchev–Trinajstić information content (AvgIpc) is 1.62. The molecule has 0 aliphatic heterocycles. The number of hydrogen-bond acceptors (Lipinski definition) is 2. The van der Waals surface area contributed by atoms with Crippen molar-refractivity contribution in [3.8, 4) is 0 Å². The zero-order valence-electron chi connectivity index (χ0n) is 4.94. The van der Waals surface area contributed by atoms with E-state index < -0.39 is 0 Å². The van der Waals surface area contributed by atoms with Crippen LogP contribution in [0.15, 0.2) is 0 Å². The SMILES string of the molecule is COC(=O)[C]1CCC1. The van der Waals surface area contributed by atoms with Gasteiger partial charge in [0.1, 0.15) is 0 Å². The molecule has 0 heterocycles. The number of carbonyl (C=O) groups is 1. The lowest BCUT2D eigenvalue weighted by molar-refractivity contribution is -0.139. The summed E-state index contributed by atoms with van der Waals surface area (Å²) >= 11 is 0. The van der Waals surface area contributed by atoms with Gasteiger partial charge >= 0.3 is 5.97 Å². The Kier molecular flexibility index (Phi) is 1.51. The van der Waals surface area contributed by atoms with Crippen molar-refractivity contribution in [2.75, 3.05) is 7.11 Å². The van der Waals surface area contributed by atoms with Crippen LogP contribution in [0.5, 0.6) is 0 Å². The number of ether oxygens (including phenoxy) is 1. The van der Waals surface area contributed by atoms with Crippen LogP contribution in [0.3, 0.4) is 0 Å². The van der Waals surface area contributed by atoms with Crippen LogP contribution in [-0.2, 0) is 9.53 Å². The van der Waals surface area contributed by atoms with Crippen molar-refractivity contribution in [2.45, 2.75) is 19.3 Å². The van der Waals surface area contributed by atoms with Crippen molar-refractivity contribution < 1.29 is 9.53 Å². The fourth-order valence-electron chi connectivity index (χ4n) is 0.702. The number of methoxy groups -OCH3 is 1. The van der Waals surface area contributed by atoms with Crippen LogP contribution in [0, 0.1) is 5.92 Å². The molecule has 0 atom stereocenters. The van der Waals surface area contributed by atoms with Gasteiger partial charge in [-0.1, -0.05) is 6.42 Å². The number of hydrogen-bond donors (Lipinski definition) is 0. The number of carbonyl (C=O) groups excluding carboxylic acids is 1. The van der Waals surface area contributed by atoms with Gasteiger partial charge in [-0.2, -0.15) is 0 Å². The molecular formula is C6H9O2. The number of rotatable bonds is 1. The largest absolute Gasteiger partial charge is 0.469 e. The molecule has 0 amide bonds. The second-order valence-corrected chi connectivity index (χ2v) is 1.95. The third kappa shape index (κ3) is 0.831. The minimum absolute atomic E-state index is 0.115. The van der Waals surface area contributed by atoms with Gasteiger partial charge in [0.05, 0.1) is 13.0 Å². The van der Waals surface area contributed by atoms with E-state index >= 15 is 0 Å². The zero-order valence-corrected chi connectivity index (χ0v) is 4.94. The molecule has 0 N–H and O–H groups in total. The highest BCUT2D eigenvalue weighted by Gasteiger charge is 2.26. The van der Waals surface area contributed by atoms with Gasteiger partial charge in [0, 0.05) is 0 Å². The Bertz CT molecular complexity index is 94.7. The van der Waals surface area contributed by atoms with Crippen molar-refractivity contribution in [1.29, 1.82) is 0 Å². The Morgan fingerprint density at radius 1 is 1.62 bits per heavy atom. The van der Waals surface area contributed by atoms with Crippen molar-refractivity contribution in [3.05, 3.63) is 5.92 Å². The lowest BCUT2D eigenvalue weighted by atomic mass is 9.86. The first-order valence-electron chi connectivity index (χ1n) is 2.77. The van der Waals surface area contributed by atoms with E-state index in [2.05, 4.69) is 4.74 Å². The summed E-state index contributed by atoms with van der Waals surface area (Å²) in [6, 6.07) is 0. The van der Waals surface area contributed by atoms with Crippen LogP contribution in [0.4, 0.5) is 0 Å². The van der Waals surface area contributed by atoms with Crippen LogP contribution < -0.4 is 0 Å². The second-order valence-electron chi connectivity index (χ2n) is 1.95. The third-order valence-electron chi connectivity index (χ3n) is 1.43. The molecular weight excluding hydrogens is 104 g/mol. The highest BCUT2D eigenvalue weighted by molar-refractivity contribution is 5.85. The summed E-state index contributed by atoms with van der Waals surface area (Å²) < 4.78 is 4.48. The molecule has 1 fully saturated rings. The van der Waals surface area contributed by atoms with Gasteiger partial charge in [0.15, 0.2) is 0 Å². The molecule has 0 bridgehead atoms. The molecule has 1 saturated carbocycles. The summed E-state index contributed by atoms with van der Waals surface area (Å²) in [5.74, 6) is 0.837. The molecule has 0 aromatic carbocycles. The van der Waals surface area contributed by atoms with E-state index in [1.54, 1.807) is 0 Å². The van der Waals surface area contributed by atoms with Crippen molar-refractivity contribution in [1.82, 2.24) is 0 Å². The van der Waals surface area contributed by atoms with Gasteiger partial charge in [0.2, 0.25) is 0 Å². The van der Waals surface area contributed by atoms with Crippen molar-refractivity contribution >= 4 is 5.97 Å². The lowest BCUT2D eigenvalue weighted by Crippen LogP contribution is -2.20. The van der Waals surface area contributed by atoms with Crippen LogP contribution in [0.25, 0.3) is 0 Å². The van der Waals surface area contributed by atoms with Crippen molar-refractivity contribution in [2.24, 2.45) is 0 Å². The Morgan fingerprint density at radius 2 is 2.25 bits per heavy atom. The van der Waals surface area contributed by atoms with Gasteiger partial charge in [-0.3, -0.25) is 4.79 Å². The summed E-state index contributed by atoms with van der Waals surface area (Å²) in [7, 11) is 1.42. The minimum Gasteiger partial charge on any atom is -0.469 e. The first-order chi connectivity index (χ1) is 3.84. The Labute approximate surface area is 48.8 Å². The first-order valence-corrected chi connectivity index (χ1v) is 2.77. The Balaban J connectivity index is 2.24. The molecule has 1 aliphatic rings. The predicted octanol–water partition coefficient (Wildman–Crippen LogP) is 0.918. The standard InChI is InChI=1S/C6H9O2/c1-8-6(7)5-3-2-4-5/h2-4H2,1H3. The van der Waals surface area contributed by atoms with Crippen molar-refractivity contribution in [3.63, 3.8) is 0 Å². The molecule has 45 valence electrons. The molecule has 0 unspecified atom stereocenters. The van der Waals surface area contributed by atoms with E-state index in [1.807, 2.05) is 0 Å². The maximum absolute atomic E-state index is 10.5. The second kappa shape index (κ2) is 2.16. The van der Waals surface area contributed by atoms with E-state index in [1.165, 1.54) is 7.11 Å². The fraction of sp³-hybridized carbons (Fsp3) is 0.667. The van der Waals surface area contributed by atoms with Gasteiger partial charge in [-0.15, -0.1) is 0 Å². The molecule has 1 rings (SSSR count). The molecule has 2 nitrogen and oxygen atoms in total. The van der Waals surface area contributed by atoms with Crippen LogP contribution in [0.1, 0.15) is 19.3 Å². The predicted molar refractivity (Wildman–Crippen MR) is 29.1 cm³/mol. The first kappa shape index (κ1) is 5.60. The molecule has 1 radical (unpaired) electrons. The van der Waals surface area contributed by atoms with Crippen LogP contribution in [-0.4, -0.2) is 13.1 Å². The highest BCUT2D eigenvalue weighted by Crippen LogP contribution is 2.29. The third-order valence-corrected chi connectivity index (χ3v) is 1.43. The normalized spacial score (nSPS) is 19.6. The van der Waals surface area contributed by atoms with E-state index in [4.69, 9.17) is 0 Å². The molecule has 8 heavy (non-hydrogen) atoms. The molecule has 1 aliphatic carbocycles. The topological polar surface area (TPSA) is 26.3 Å². The monoisotopic (exact) mass is 113 g/mol. The Hall–Kier alpha value is -0.530. The summed E-state index contributed by atoms with van der Waals surface area (Å²) in [5, 5.41) is 0. The number of esters is 1. The zero-order chi connectivity index (χ0) is 5.98. The quantitative estimate of drug-likeness (QED) is 0.472. The summed E-state index contributed by atoms with van der Waals surface area (Å²) in [6.07, 6.45) is 3.06. The average molecular weight is 113 g/mol. The lowest BCUT2D eigenvalue weighted by Gasteiger charge is -2.20. The molecule has 0 saturated heterocycles. The summed E-state index contributed by atoms with van der Waals surface area (Å²) in [5.41, 5.74) is 0. The van der Waals surface area contributed by atoms with Gasteiger partial charge in [0.25, 0.3) is 0 Å². The molecule has 0 aromatic rings. The summed E-state index contributed by atoms with van der Waals surface area (Å²) in [4.78, 5) is 10.5. The van der Waals surface area contributed by atoms with Crippen LogP contribution >= 0.6 is 0 Å². The maximum Gasteiger partial charge on any atom is 0.312 e. The fourth-order valence-corrected chi connectivity index (χ4v) is 0.702. The van der Waals surface area contributed by atoms with Gasteiger partial charge in [-0.05, 0) is 12.8 Å². The molecule has 0 aromatic heterocycles. The Morgan fingerprint density at radius 3 is 2.38 bits per heavy atom. The minimum atomic E-state index is -0.115. The van der Waals surface area contributed by atoms with E-state index in [9.17, 15) is 4.79 Å². The highest BCUT2D eigenvalue weighted by atomic mass is 16.5. The van der Waals surface area contributed by atoms with E-state index in [0.29, 0.717) is 0 Å². The van der Waals surface area contributed by atoms with Gasteiger partial charge in [-0.25, -0.2) is 0 Å².